The van der Waals surface area contributed by atoms with E-state index in [9.17, 15) is 9.90 Å². The van der Waals surface area contributed by atoms with Crippen LogP contribution in [0.1, 0.15) is 10.5 Å². The molecule has 0 saturated carbocycles. The second-order valence-electron chi connectivity index (χ2n) is 4.55. The number of rotatable bonds is 4. The number of phenols is 1. The molecule has 8 nitrogen and oxygen atoms in total. The SMILES string of the molecule is O=C(Nc1ccccc1O)c1coc(-c2ccnc(NO)c2)n1. The van der Waals surface area contributed by atoms with Crippen molar-refractivity contribution < 1.29 is 19.5 Å². The zero-order valence-corrected chi connectivity index (χ0v) is 11.7. The summed E-state index contributed by atoms with van der Waals surface area (Å²) in [6.45, 7) is 0. The van der Waals surface area contributed by atoms with Crippen LogP contribution in [0.4, 0.5) is 11.5 Å². The van der Waals surface area contributed by atoms with Crippen molar-refractivity contribution in [2.75, 3.05) is 10.8 Å². The van der Waals surface area contributed by atoms with Crippen LogP contribution >= 0.6 is 0 Å². The number of nitrogens with one attached hydrogen (secondary N) is 2. The van der Waals surface area contributed by atoms with Gasteiger partial charge in [0.2, 0.25) is 5.89 Å². The normalized spacial score (nSPS) is 10.3. The van der Waals surface area contributed by atoms with Gasteiger partial charge < -0.3 is 14.8 Å². The number of benzene rings is 1. The molecule has 3 aromatic rings. The van der Waals surface area contributed by atoms with Crippen LogP contribution in [0.25, 0.3) is 11.5 Å². The summed E-state index contributed by atoms with van der Waals surface area (Å²) in [6, 6.07) is 9.49. The fourth-order valence-electron chi connectivity index (χ4n) is 1.90. The Morgan fingerprint density at radius 3 is 2.83 bits per heavy atom. The Balaban J connectivity index is 1.81. The molecule has 0 unspecified atom stereocenters. The molecule has 0 atom stereocenters. The molecule has 1 aromatic carbocycles. The summed E-state index contributed by atoms with van der Waals surface area (Å²) in [7, 11) is 0. The van der Waals surface area contributed by atoms with Crippen LogP contribution in [0.3, 0.4) is 0 Å². The molecule has 0 bridgehead atoms. The molecular weight excluding hydrogens is 300 g/mol. The molecule has 0 aliphatic rings. The van der Waals surface area contributed by atoms with E-state index in [2.05, 4.69) is 15.3 Å². The van der Waals surface area contributed by atoms with Gasteiger partial charge in [0.1, 0.15) is 17.8 Å². The Bertz CT molecular complexity index is 847. The average Bonchev–Trinajstić information content (AvgIpc) is 3.07. The molecule has 1 amide bonds. The Morgan fingerprint density at radius 1 is 1.22 bits per heavy atom. The largest absolute Gasteiger partial charge is 0.506 e. The minimum atomic E-state index is -0.518. The molecule has 23 heavy (non-hydrogen) atoms. The lowest BCUT2D eigenvalue weighted by Crippen LogP contribution is -2.12. The van der Waals surface area contributed by atoms with Gasteiger partial charge in [-0.1, -0.05) is 12.1 Å². The van der Waals surface area contributed by atoms with Crippen LogP contribution in [-0.2, 0) is 0 Å². The maximum absolute atomic E-state index is 12.1. The van der Waals surface area contributed by atoms with Crippen molar-refractivity contribution in [3.8, 4) is 17.2 Å². The van der Waals surface area contributed by atoms with E-state index in [1.54, 1.807) is 24.3 Å². The first-order valence-electron chi connectivity index (χ1n) is 6.59. The molecule has 0 saturated heterocycles. The fourth-order valence-corrected chi connectivity index (χ4v) is 1.90. The second-order valence-corrected chi connectivity index (χ2v) is 4.55. The predicted molar refractivity (Wildman–Crippen MR) is 81.2 cm³/mol. The number of amides is 1. The molecule has 8 heteroatoms. The molecule has 116 valence electrons. The molecule has 3 rings (SSSR count). The number of oxazole rings is 1. The summed E-state index contributed by atoms with van der Waals surface area (Å²) >= 11 is 0. The van der Waals surface area contributed by atoms with Crippen molar-refractivity contribution in [1.29, 1.82) is 0 Å². The topological polar surface area (TPSA) is 121 Å². The van der Waals surface area contributed by atoms with Gasteiger partial charge in [-0.15, -0.1) is 0 Å². The van der Waals surface area contributed by atoms with Crippen molar-refractivity contribution in [1.82, 2.24) is 9.97 Å². The van der Waals surface area contributed by atoms with E-state index >= 15 is 0 Å². The number of hydrogen-bond acceptors (Lipinski definition) is 7. The number of para-hydroxylation sites is 2. The van der Waals surface area contributed by atoms with E-state index in [1.165, 1.54) is 24.6 Å². The summed E-state index contributed by atoms with van der Waals surface area (Å²) in [5.41, 5.74) is 2.79. The number of carbonyl (C=O) groups excluding carboxylic acids is 1. The Labute approximate surface area is 130 Å². The highest BCUT2D eigenvalue weighted by Crippen LogP contribution is 2.24. The third-order valence-electron chi connectivity index (χ3n) is 3.01. The van der Waals surface area contributed by atoms with E-state index in [0.29, 0.717) is 5.56 Å². The molecule has 4 N–H and O–H groups in total. The number of pyridine rings is 1. The average molecular weight is 312 g/mol. The van der Waals surface area contributed by atoms with Crippen molar-refractivity contribution in [2.24, 2.45) is 0 Å². The first-order valence-corrected chi connectivity index (χ1v) is 6.59. The quantitative estimate of drug-likeness (QED) is 0.431. The third-order valence-corrected chi connectivity index (χ3v) is 3.01. The van der Waals surface area contributed by atoms with Gasteiger partial charge in [-0.3, -0.25) is 15.5 Å². The van der Waals surface area contributed by atoms with E-state index in [4.69, 9.17) is 9.62 Å². The van der Waals surface area contributed by atoms with E-state index < -0.39 is 5.91 Å². The second kappa shape index (κ2) is 6.16. The molecule has 0 spiro atoms. The van der Waals surface area contributed by atoms with E-state index in [1.807, 2.05) is 5.48 Å². The van der Waals surface area contributed by atoms with Gasteiger partial charge in [-0.05, 0) is 24.3 Å². The summed E-state index contributed by atoms with van der Waals surface area (Å²) < 4.78 is 5.27. The van der Waals surface area contributed by atoms with Crippen LogP contribution in [0, 0.1) is 0 Å². The molecular formula is C15H12N4O4. The number of hydrogen-bond donors (Lipinski definition) is 4. The maximum Gasteiger partial charge on any atom is 0.277 e. The molecule has 0 aliphatic carbocycles. The minimum absolute atomic E-state index is 0.0441. The van der Waals surface area contributed by atoms with Gasteiger partial charge in [0.05, 0.1) is 5.69 Å². The van der Waals surface area contributed by atoms with Crippen LogP contribution < -0.4 is 10.8 Å². The first kappa shape index (κ1) is 14.5. The van der Waals surface area contributed by atoms with Crippen LogP contribution in [-0.4, -0.2) is 26.2 Å². The van der Waals surface area contributed by atoms with Crippen molar-refractivity contribution in [3.63, 3.8) is 0 Å². The highest BCUT2D eigenvalue weighted by atomic mass is 16.5. The number of carbonyl (C=O) groups is 1. The van der Waals surface area contributed by atoms with Gasteiger partial charge in [0.25, 0.3) is 5.91 Å². The summed E-state index contributed by atoms with van der Waals surface area (Å²) in [5.74, 6) is -0.138. The van der Waals surface area contributed by atoms with Gasteiger partial charge in [0.15, 0.2) is 5.69 Å². The molecule has 0 fully saturated rings. The molecule has 0 radical (unpaired) electrons. The van der Waals surface area contributed by atoms with Crippen LogP contribution in [0.5, 0.6) is 5.75 Å². The first-order chi connectivity index (χ1) is 11.2. The van der Waals surface area contributed by atoms with Crippen molar-refractivity contribution in [2.45, 2.75) is 0 Å². The zero-order valence-electron chi connectivity index (χ0n) is 11.7. The minimum Gasteiger partial charge on any atom is -0.506 e. The van der Waals surface area contributed by atoms with Crippen LogP contribution in [0.2, 0.25) is 0 Å². The number of aromatic nitrogens is 2. The van der Waals surface area contributed by atoms with Gasteiger partial charge in [-0.25, -0.2) is 9.97 Å². The predicted octanol–water partition coefficient (Wildman–Crippen LogP) is 2.50. The highest BCUT2D eigenvalue weighted by molar-refractivity contribution is 6.03. The number of aromatic hydroxyl groups is 1. The van der Waals surface area contributed by atoms with Gasteiger partial charge in [-0.2, -0.15) is 0 Å². The number of anilines is 2. The van der Waals surface area contributed by atoms with Gasteiger partial charge in [0, 0.05) is 11.8 Å². The van der Waals surface area contributed by atoms with E-state index in [0.717, 1.165) is 0 Å². The lowest BCUT2D eigenvalue weighted by molar-refractivity contribution is 0.102. The van der Waals surface area contributed by atoms with E-state index in [-0.39, 0.29) is 28.8 Å². The summed E-state index contributed by atoms with van der Waals surface area (Å²) in [5, 5.41) is 21.0. The third kappa shape index (κ3) is 3.11. The highest BCUT2D eigenvalue weighted by Gasteiger charge is 2.15. The molecule has 2 heterocycles. The van der Waals surface area contributed by atoms with Crippen LogP contribution in [0.15, 0.2) is 53.3 Å². The summed E-state index contributed by atoms with van der Waals surface area (Å²) in [6.07, 6.45) is 2.66. The number of nitrogens with zero attached hydrogens (tertiary/aromatic N) is 2. The smallest absolute Gasteiger partial charge is 0.277 e. The Kier molecular flexibility index (Phi) is 3.89. The zero-order chi connectivity index (χ0) is 16.2. The summed E-state index contributed by atoms with van der Waals surface area (Å²) in [4.78, 5) is 20.1. The Hall–Kier alpha value is -3.39. The Morgan fingerprint density at radius 2 is 2.04 bits per heavy atom. The maximum atomic E-state index is 12.1. The monoisotopic (exact) mass is 312 g/mol. The lowest BCUT2D eigenvalue weighted by Gasteiger charge is -2.04. The lowest BCUT2D eigenvalue weighted by atomic mass is 10.2. The number of phenolic OH excluding ortho intramolecular Hbond substituents is 1. The molecule has 2 aromatic heterocycles. The van der Waals surface area contributed by atoms with Crippen molar-refractivity contribution >= 4 is 17.4 Å². The van der Waals surface area contributed by atoms with Crippen molar-refractivity contribution in [3.05, 3.63) is 54.6 Å². The standard InChI is InChI=1S/C15H12N4O4/c20-12-4-2-1-3-10(12)17-14(21)11-8-23-15(18-11)9-5-6-16-13(7-9)19-22/h1-8,20,22H,(H,16,19)(H,17,21). The molecule has 0 aliphatic heterocycles. The fraction of sp³-hybridized carbons (Fsp3) is 0. The van der Waals surface area contributed by atoms with Gasteiger partial charge >= 0.3 is 0 Å².